The molecular formula is C11H6Cl2F3N3. The van der Waals surface area contributed by atoms with E-state index in [1.807, 2.05) is 0 Å². The van der Waals surface area contributed by atoms with E-state index in [0.29, 0.717) is 5.56 Å². The molecule has 0 bridgehead atoms. The van der Waals surface area contributed by atoms with Crippen LogP contribution >= 0.6 is 23.2 Å². The van der Waals surface area contributed by atoms with Crippen molar-refractivity contribution in [2.75, 3.05) is 5.73 Å². The standard InChI is InChI=1S/C11H6Cl2F3N3/c12-6-1-5(2-7(13)3-6)8-4-9(11(14,15)16)19-10(17)18-8/h1-4H,(H2,17,18,19). The summed E-state index contributed by atoms with van der Waals surface area (Å²) < 4.78 is 37.9. The summed E-state index contributed by atoms with van der Waals surface area (Å²) in [6.07, 6.45) is -4.60. The largest absolute Gasteiger partial charge is 0.433 e. The molecule has 0 amide bonds. The molecule has 0 aliphatic heterocycles. The maximum absolute atomic E-state index is 12.6. The first kappa shape index (κ1) is 13.9. The molecule has 1 aromatic carbocycles. The summed E-state index contributed by atoms with van der Waals surface area (Å²) in [4.78, 5) is 6.90. The van der Waals surface area contributed by atoms with E-state index < -0.39 is 17.8 Å². The Kier molecular flexibility index (Phi) is 3.56. The minimum absolute atomic E-state index is 0.00391. The molecule has 2 rings (SSSR count). The zero-order valence-electron chi connectivity index (χ0n) is 9.17. The first-order valence-electron chi connectivity index (χ1n) is 4.94. The second-order valence-corrected chi connectivity index (χ2v) is 4.53. The zero-order valence-corrected chi connectivity index (χ0v) is 10.7. The minimum Gasteiger partial charge on any atom is -0.368 e. The number of nitrogens with two attached hydrogens (primary N) is 1. The fourth-order valence-corrected chi connectivity index (χ4v) is 1.99. The van der Waals surface area contributed by atoms with Crippen LogP contribution in [-0.2, 0) is 6.18 Å². The molecule has 1 heterocycles. The molecule has 0 radical (unpaired) electrons. The highest BCUT2D eigenvalue weighted by atomic mass is 35.5. The predicted octanol–water partition coefficient (Wildman–Crippen LogP) is 4.05. The van der Waals surface area contributed by atoms with Crippen LogP contribution in [-0.4, -0.2) is 9.97 Å². The average Bonchev–Trinajstić information content (AvgIpc) is 2.25. The van der Waals surface area contributed by atoms with Crippen molar-refractivity contribution in [3.63, 3.8) is 0 Å². The van der Waals surface area contributed by atoms with E-state index in [-0.39, 0.29) is 15.7 Å². The SMILES string of the molecule is Nc1nc(-c2cc(Cl)cc(Cl)c2)cc(C(F)(F)F)n1. The summed E-state index contributed by atoms with van der Waals surface area (Å²) in [6.45, 7) is 0. The molecule has 2 aromatic rings. The Bertz CT molecular complexity index is 609. The monoisotopic (exact) mass is 307 g/mol. The third kappa shape index (κ3) is 3.27. The number of aromatic nitrogens is 2. The van der Waals surface area contributed by atoms with Crippen LogP contribution in [0.25, 0.3) is 11.3 Å². The molecule has 19 heavy (non-hydrogen) atoms. The van der Waals surface area contributed by atoms with E-state index >= 15 is 0 Å². The number of rotatable bonds is 1. The molecule has 0 atom stereocenters. The van der Waals surface area contributed by atoms with Gasteiger partial charge in [-0.15, -0.1) is 0 Å². The lowest BCUT2D eigenvalue weighted by Crippen LogP contribution is -2.11. The molecule has 0 aliphatic carbocycles. The first-order chi connectivity index (χ1) is 8.75. The molecule has 2 N–H and O–H groups in total. The van der Waals surface area contributed by atoms with Gasteiger partial charge in [-0.05, 0) is 24.3 Å². The predicted molar refractivity (Wildman–Crippen MR) is 66.9 cm³/mol. The molecule has 0 saturated heterocycles. The maximum Gasteiger partial charge on any atom is 0.433 e. The molecule has 3 nitrogen and oxygen atoms in total. The third-order valence-electron chi connectivity index (χ3n) is 2.19. The number of alkyl halides is 3. The van der Waals surface area contributed by atoms with Crippen molar-refractivity contribution in [2.45, 2.75) is 6.18 Å². The van der Waals surface area contributed by atoms with Crippen molar-refractivity contribution in [2.24, 2.45) is 0 Å². The lowest BCUT2D eigenvalue weighted by molar-refractivity contribution is -0.141. The number of hydrogen-bond acceptors (Lipinski definition) is 3. The summed E-state index contributed by atoms with van der Waals surface area (Å²) in [5.74, 6) is -0.471. The highest BCUT2D eigenvalue weighted by Crippen LogP contribution is 2.32. The molecule has 0 spiro atoms. The number of halogens is 5. The second-order valence-electron chi connectivity index (χ2n) is 3.65. The van der Waals surface area contributed by atoms with Gasteiger partial charge < -0.3 is 5.73 Å². The highest BCUT2D eigenvalue weighted by molar-refractivity contribution is 6.35. The van der Waals surface area contributed by atoms with Crippen LogP contribution in [0.3, 0.4) is 0 Å². The smallest absolute Gasteiger partial charge is 0.368 e. The van der Waals surface area contributed by atoms with E-state index in [0.717, 1.165) is 6.07 Å². The Hall–Kier alpha value is -1.53. The molecule has 8 heteroatoms. The Labute approximate surface area is 116 Å². The fourth-order valence-electron chi connectivity index (χ4n) is 1.46. The van der Waals surface area contributed by atoms with Crippen LogP contribution in [0, 0.1) is 0 Å². The van der Waals surface area contributed by atoms with Gasteiger partial charge in [0.25, 0.3) is 0 Å². The normalized spacial score (nSPS) is 11.6. The topological polar surface area (TPSA) is 51.8 Å². The summed E-state index contributed by atoms with van der Waals surface area (Å²) in [5.41, 5.74) is 4.50. The van der Waals surface area contributed by atoms with Crippen LogP contribution in [0.5, 0.6) is 0 Å². The molecule has 100 valence electrons. The number of anilines is 1. The second kappa shape index (κ2) is 4.86. The number of nitrogens with zero attached hydrogens (tertiary/aromatic N) is 2. The van der Waals surface area contributed by atoms with Crippen molar-refractivity contribution < 1.29 is 13.2 Å². The summed E-state index contributed by atoms with van der Waals surface area (Å²) in [6, 6.07) is 5.13. The lowest BCUT2D eigenvalue weighted by atomic mass is 10.1. The quantitative estimate of drug-likeness (QED) is 0.864. The van der Waals surface area contributed by atoms with Crippen LogP contribution < -0.4 is 5.73 Å². The number of nitrogen functional groups attached to an aromatic ring is 1. The zero-order chi connectivity index (χ0) is 14.2. The lowest BCUT2D eigenvalue weighted by Gasteiger charge is -2.09. The van der Waals surface area contributed by atoms with Gasteiger partial charge in [0.1, 0.15) is 0 Å². The molecule has 1 aromatic heterocycles. The molecule has 0 fully saturated rings. The third-order valence-corrected chi connectivity index (χ3v) is 2.63. The van der Waals surface area contributed by atoms with Gasteiger partial charge in [-0.2, -0.15) is 13.2 Å². The van der Waals surface area contributed by atoms with Gasteiger partial charge >= 0.3 is 6.18 Å². The maximum atomic E-state index is 12.6. The fraction of sp³-hybridized carbons (Fsp3) is 0.0909. The molecule has 0 unspecified atom stereocenters. The van der Waals surface area contributed by atoms with Crippen LogP contribution in [0.4, 0.5) is 19.1 Å². The van der Waals surface area contributed by atoms with Gasteiger partial charge in [0.05, 0.1) is 5.69 Å². The summed E-state index contributed by atoms with van der Waals surface area (Å²) in [7, 11) is 0. The average molecular weight is 308 g/mol. The number of benzene rings is 1. The van der Waals surface area contributed by atoms with E-state index in [9.17, 15) is 13.2 Å². The van der Waals surface area contributed by atoms with E-state index in [1.54, 1.807) is 0 Å². The van der Waals surface area contributed by atoms with Gasteiger partial charge in [-0.25, -0.2) is 9.97 Å². The van der Waals surface area contributed by atoms with Crippen LogP contribution in [0.15, 0.2) is 24.3 Å². The summed E-state index contributed by atoms with van der Waals surface area (Å²) in [5, 5.41) is 0.571. The Balaban J connectivity index is 2.59. The molecular weight excluding hydrogens is 302 g/mol. The first-order valence-corrected chi connectivity index (χ1v) is 5.69. The van der Waals surface area contributed by atoms with Crippen molar-refractivity contribution in [3.05, 3.63) is 40.0 Å². The minimum atomic E-state index is -4.60. The summed E-state index contributed by atoms with van der Waals surface area (Å²) >= 11 is 11.6. The van der Waals surface area contributed by atoms with Gasteiger partial charge in [0, 0.05) is 15.6 Å². The van der Waals surface area contributed by atoms with Crippen molar-refractivity contribution in [1.29, 1.82) is 0 Å². The van der Waals surface area contributed by atoms with Crippen LogP contribution in [0.1, 0.15) is 5.69 Å². The van der Waals surface area contributed by atoms with Crippen molar-refractivity contribution >= 4 is 29.2 Å². The molecule has 0 aliphatic rings. The van der Waals surface area contributed by atoms with Gasteiger partial charge in [-0.1, -0.05) is 23.2 Å². The Morgan fingerprint density at radius 2 is 1.53 bits per heavy atom. The van der Waals surface area contributed by atoms with Gasteiger partial charge in [0.2, 0.25) is 5.95 Å². The highest BCUT2D eigenvalue weighted by Gasteiger charge is 2.33. The van der Waals surface area contributed by atoms with E-state index in [2.05, 4.69) is 9.97 Å². The van der Waals surface area contributed by atoms with Crippen molar-refractivity contribution in [3.8, 4) is 11.3 Å². The van der Waals surface area contributed by atoms with Crippen molar-refractivity contribution in [1.82, 2.24) is 9.97 Å². The van der Waals surface area contributed by atoms with Gasteiger partial charge in [0.15, 0.2) is 5.69 Å². The van der Waals surface area contributed by atoms with Crippen LogP contribution in [0.2, 0.25) is 10.0 Å². The Morgan fingerprint density at radius 3 is 2.05 bits per heavy atom. The number of hydrogen-bond donors (Lipinski definition) is 1. The van der Waals surface area contributed by atoms with Gasteiger partial charge in [-0.3, -0.25) is 0 Å². The Morgan fingerprint density at radius 1 is 0.947 bits per heavy atom. The molecule has 0 saturated carbocycles. The van der Waals surface area contributed by atoms with E-state index in [1.165, 1.54) is 18.2 Å². The van der Waals surface area contributed by atoms with E-state index in [4.69, 9.17) is 28.9 Å².